The third kappa shape index (κ3) is 4.05. The first-order chi connectivity index (χ1) is 14.9. The van der Waals surface area contributed by atoms with Crippen LogP contribution >= 0.6 is 0 Å². The molecule has 7 nitrogen and oxygen atoms in total. The first kappa shape index (κ1) is 21.1. The van der Waals surface area contributed by atoms with E-state index in [1.54, 1.807) is 18.2 Å². The maximum Gasteiger partial charge on any atom is 0.251 e. The summed E-state index contributed by atoms with van der Waals surface area (Å²) in [5.74, 6) is -0.647. The molecular weight excluding hydrogens is 394 g/mol. The number of likely N-dealkylation sites (tertiary alicyclic amines) is 1. The number of aryl methyl sites for hydroxylation is 2. The largest absolute Gasteiger partial charge is 0.506 e. The lowest BCUT2D eigenvalue weighted by Crippen LogP contribution is -2.47. The first-order valence-electron chi connectivity index (χ1n) is 10.6. The third-order valence-electron chi connectivity index (χ3n) is 6.29. The number of hydrogen-bond donors (Lipinski definition) is 2. The van der Waals surface area contributed by atoms with Gasteiger partial charge in [0.2, 0.25) is 11.8 Å². The fraction of sp³-hybridized carbons (Fsp3) is 0.375. The third-order valence-corrected chi connectivity index (χ3v) is 6.29. The number of hydrogen-bond acceptors (Lipinski definition) is 5. The van der Waals surface area contributed by atoms with Gasteiger partial charge in [-0.1, -0.05) is 30.3 Å². The van der Waals surface area contributed by atoms with E-state index in [1.165, 1.54) is 11.0 Å². The Hall–Kier alpha value is -3.19. The van der Waals surface area contributed by atoms with Crippen molar-refractivity contribution >= 4 is 29.1 Å². The van der Waals surface area contributed by atoms with Crippen molar-refractivity contribution in [2.75, 3.05) is 23.3 Å². The van der Waals surface area contributed by atoms with Crippen LogP contribution in [0.1, 0.15) is 30.4 Å². The van der Waals surface area contributed by atoms with Crippen molar-refractivity contribution in [2.45, 2.75) is 39.2 Å². The molecule has 2 aliphatic rings. The van der Waals surface area contributed by atoms with E-state index in [9.17, 15) is 19.5 Å². The average Bonchev–Trinajstić information content (AvgIpc) is 3.04. The van der Waals surface area contributed by atoms with Crippen molar-refractivity contribution in [1.29, 1.82) is 0 Å². The van der Waals surface area contributed by atoms with E-state index in [0.29, 0.717) is 37.3 Å². The molecule has 2 aliphatic heterocycles. The maximum absolute atomic E-state index is 13.2. The fourth-order valence-corrected chi connectivity index (χ4v) is 4.58. The number of phenolic OH excluding ortho intramolecular Hbond substituents is 1. The van der Waals surface area contributed by atoms with Crippen LogP contribution in [0.5, 0.6) is 5.75 Å². The number of carbonyl (C=O) groups is 3. The zero-order valence-electron chi connectivity index (χ0n) is 17.8. The highest BCUT2D eigenvalue weighted by Gasteiger charge is 2.44. The Morgan fingerprint density at radius 2 is 1.65 bits per heavy atom. The van der Waals surface area contributed by atoms with Crippen LogP contribution in [0.25, 0.3) is 0 Å². The zero-order valence-corrected chi connectivity index (χ0v) is 17.8. The number of carbonyl (C=O) groups excluding carboxylic acids is 3. The van der Waals surface area contributed by atoms with E-state index in [-0.39, 0.29) is 35.8 Å². The van der Waals surface area contributed by atoms with E-state index in [4.69, 9.17) is 0 Å². The average molecular weight is 421 g/mol. The van der Waals surface area contributed by atoms with Crippen LogP contribution in [0.4, 0.5) is 11.4 Å². The standard InChI is InChI=1S/C24H27N3O4/c1-15-6-5-7-16(2)22(15)27-21(29)14-19(24(27)31)26-12-10-17(11-13-26)23(30)25-18-8-3-4-9-20(18)28/h3-9,17,19,28H,10-14H2,1-2H3,(H,25,30). The Labute approximate surface area is 181 Å². The van der Waals surface area contributed by atoms with Crippen molar-refractivity contribution < 1.29 is 19.5 Å². The Morgan fingerprint density at radius 1 is 1.00 bits per heavy atom. The molecule has 3 amide bonds. The number of para-hydroxylation sites is 3. The van der Waals surface area contributed by atoms with Gasteiger partial charge in [0.05, 0.1) is 23.8 Å². The van der Waals surface area contributed by atoms with Gasteiger partial charge in [-0.3, -0.25) is 19.3 Å². The van der Waals surface area contributed by atoms with Gasteiger partial charge in [0.25, 0.3) is 5.91 Å². The van der Waals surface area contributed by atoms with Crippen molar-refractivity contribution in [3.05, 3.63) is 53.6 Å². The predicted molar refractivity (Wildman–Crippen MR) is 118 cm³/mol. The summed E-state index contributed by atoms with van der Waals surface area (Å²) < 4.78 is 0. The molecule has 0 aliphatic carbocycles. The van der Waals surface area contributed by atoms with Crippen LogP contribution in [0.3, 0.4) is 0 Å². The summed E-state index contributed by atoms with van der Waals surface area (Å²) >= 11 is 0. The lowest BCUT2D eigenvalue weighted by Gasteiger charge is -2.34. The normalized spacial score (nSPS) is 20.3. The summed E-state index contributed by atoms with van der Waals surface area (Å²) in [6.45, 7) is 4.96. The molecule has 2 aromatic carbocycles. The van der Waals surface area contributed by atoms with Crippen molar-refractivity contribution in [3.8, 4) is 5.75 Å². The number of amides is 3. The van der Waals surface area contributed by atoms with Crippen LogP contribution in [-0.4, -0.2) is 46.9 Å². The maximum atomic E-state index is 13.2. The molecule has 162 valence electrons. The van der Waals surface area contributed by atoms with Crippen LogP contribution < -0.4 is 10.2 Å². The van der Waals surface area contributed by atoms with Crippen LogP contribution in [0.2, 0.25) is 0 Å². The summed E-state index contributed by atoms with van der Waals surface area (Å²) in [5.41, 5.74) is 2.90. The first-order valence-corrected chi connectivity index (χ1v) is 10.6. The van der Waals surface area contributed by atoms with Gasteiger partial charge < -0.3 is 10.4 Å². The van der Waals surface area contributed by atoms with E-state index in [1.807, 2.05) is 36.9 Å². The second-order valence-corrected chi connectivity index (χ2v) is 8.34. The molecule has 2 fully saturated rings. The Balaban J connectivity index is 1.40. The Morgan fingerprint density at radius 3 is 2.29 bits per heavy atom. The van der Waals surface area contributed by atoms with E-state index < -0.39 is 6.04 Å². The highest BCUT2D eigenvalue weighted by Crippen LogP contribution is 2.33. The highest BCUT2D eigenvalue weighted by molar-refractivity contribution is 6.23. The molecule has 2 heterocycles. The molecule has 2 aromatic rings. The number of benzene rings is 2. The minimum atomic E-state index is -0.478. The summed E-state index contributed by atoms with van der Waals surface area (Å²) in [6.07, 6.45) is 1.36. The van der Waals surface area contributed by atoms with Crippen molar-refractivity contribution in [1.82, 2.24) is 4.90 Å². The van der Waals surface area contributed by atoms with Gasteiger partial charge in [-0.05, 0) is 63.0 Å². The van der Waals surface area contributed by atoms with E-state index >= 15 is 0 Å². The summed E-state index contributed by atoms with van der Waals surface area (Å²) in [4.78, 5) is 41.9. The number of anilines is 2. The van der Waals surface area contributed by atoms with Gasteiger partial charge in [0, 0.05) is 5.92 Å². The topological polar surface area (TPSA) is 90.0 Å². The molecule has 2 N–H and O–H groups in total. The van der Waals surface area contributed by atoms with E-state index in [2.05, 4.69) is 5.32 Å². The lowest BCUT2D eigenvalue weighted by molar-refractivity contribution is -0.123. The Bertz CT molecular complexity index is 1010. The molecule has 0 aromatic heterocycles. The van der Waals surface area contributed by atoms with Crippen molar-refractivity contribution in [3.63, 3.8) is 0 Å². The number of phenols is 1. The van der Waals surface area contributed by atoms with Crippen molar-refractivity contribution in [2.24, 2.45) is 5.92 Å². The summed E-state index contributed by atoms with van der Waals surface area (Å²) in [7, 11) is 0. The molecule has 0 saturated carbocycles. The molecular formula is C24H27N3O4. The second-order valence-electron chi connectivity index (χ2n) is 8.34. The summed E-state index contributed by atoms with van der Waals surface area (Å²) in [6, 6.07) is 11.9. The smallest absolute Gasteiger partial charge is 0.251 e. The van der Waals surface area contributed by atoms with E-state index in [0.717, 1.165) is 11.1 Å². The minimum absolute atomic E-state index is 0.0370. The Kier molecular flexibility index (Phi) is 5.78. The summed E-state index contributed by atoms with van der Waals surface area (Å²) in [5, 5.41) is 12.6. The molecule has 31 heavy (non-hydrogen) atoms. The van der Waals surface area contributed by atoms with Gasteiger partial charge in [-0.2, -0.15) is 0 Å². The lowest BCUT2D eigenvalue weighted by atomic mass is 9.94. The molecule has 4 rings (SSSR count). The molecule has 0 radical (unpaired) electrons. The minimum Gasteiger partial charge on any atom is -0.506 e. The zero-order chi connectivity index (χ0) is 22.1. The molecule has 0 spiro atoms. The predicted octanol–water partition coefficient (Wildman–Crippen LogP) is 2.99. The van der Waals surface area contributed by atoms with Crippen LogP contribution in [0, 0.1) is 19.8 Å². The van der Waals surface area contributed by atoms with Gasteiger partial charge in [0.15, 0.2) is 0 Å². The number of rotatable bonds is 4. The molecule has 7 heteroatoms. The molecule has 1 unspecified atom stereocenters. The second kappa shape index (κ2) is 8.51. The van der Waals surface area contributed by atoms with Gasteiger partial charge in [0.1, 0.15) is 5.75 Å². The number of nitrogens with zero attached hydrogens (tertiary/aromatic N) is 2. The number of imide groups is 1. The molecule has 2 saturated heterocycles. The molecule has 1 atom stereocenters. The van der Waals surface area contributed by atoms with Gasteiger partial charge in [-0.25, -0.2) is 4.90 Å². The monoisotopic (exact) mass is 421 g/mol. The SMILES string of the molecule is Cc1cccc(C)c1N1C(=O)CC(N2CCC(C(=O)Nc3ccccc3O)CC2)C1=O. The molecule has 0 bridgehead atoms. The quantitative estimate of drug-likeness (QED) is 0.585. The van der Waals surface area contributed by atoms with Gasteiger partial charge >= 0.3 is 0 Å². The fourth-order valence-electron chi connectivity index (χ4n) is 4.58. The highest BCUT2D eigenvalue weighted by atomic mass is 16.3. The van der Waals surface area contributed by atoms with Gasteiger partial charge in [-0.15, -0.1) is 0 Å². The van der Waals surface area contributed by atoms with Crippen LogP contribution in [-0.2, 0) is 14.4 Å². The van der Waals surface area contributed by atoms with Crippen LogP contribution in [0.15, 0.2) is 42.5 Å². The number of piperidine rings is 1. The number of aromatic hydroxyl groups is 1. The number of nitrogens with one attached hydrogen (secondary N) is 1.